The van der Waals surface area contributed by atoms with Crippen molar-refractivity contribution in [1.29, 1.82) is 0 Å². The summed E-state index contributed by atoms with van der Waals surface area (Å²) in [6.07, 6.45) is 1.23. The lowest BCUT2D eigenvalue weighted by molar-refractivity contribution is -0.130. The molecule has 1 fully saturated rings. The number of piperazine rings is 1. The van der Waals surface area contributed by atoms with E-state index < -0.39 is 10.0 Å². The fourth-order valence-corrected chi connectivity index (χ4v) is 2.98. The standard InChI is InChI=1S/C10H17N5O3S/c1-8-9(6-12-14-8)19(17,18)13-7-10(16)15-4-2-11-3-5-15/h6,11,13H,2-5,7H2,1H3,(H,12,14). The first-order chi connectivity index (χ1) is 9.00. The second-order valence-electron chi connectivity index (χ2n) is 4.31. The first-order valence-corrected chi connectivity index (χ1v) is 7.47. The predicted molar refractivity (Wildman–Crippen MR) is 68.0 cm³/mol. The van der Waals surface area contributed by atoms with Gasteiger partial charge in [-0.25, -0.2) is 13.1 Å². The first-order valence-electron chi connectivity index (χ1n) is 5.99. The van der Waals surface area contributed by atoms with Gasteiger partial charge in [0, 0.05) is 26.2 Å². The van der Waals surface area contributed by atoms with Gasteiger partial charge in [0.2, 0.25) is 15.9 Å². The van der Waals surface area contributed by atoms with Gasteiger partial charge < -0.3 is 10.2 Å². The highest BCUT2D eigenvalue weighted by molar-refractivity contribution is 7.89. The van der Waals surface area contributed by atoms with Crippen LogP contribution in [-0.2, 0) is 14.8 Å². The van der Waals surface area contributed by atoms with Crippen molar-refractivity contribution in [3.63, 3.8) is 0 Å². The molecule has 1 aliphatic heterocycles. The second-order valence-corrected chi connectivity index (χ2v) is 6.05. The zero-order valence-corrected chi connectivity index (χ0v) is 11.5. The fraction of sp³-hybridized carbons (Fsp3) is 0.600. The third-order valence-electron chi connectivity index (χ3n) is 2.96. The lowest BCUT2D eigenvalue weighted by atomic mass is 10.3. The Bertz CT molecular complexity index is 547. The van der Waals surface area contributed by atoms with Crippen LogP contribution in [0.4, 0.5) is 0 Å². The average molecular weight is 287 g/mol. The number of hydrogen-bond acceptors (Lipinski definition) is 5. The maximum atomic E-state index is 11.9. The molecule has 0 atom stereocenters. The summed E-state index contributed by atoms with van der Waals surface area (Å²) < 4.78 is 26.2. The minimum absolute atomic E-state index is 0.0700. The van der Waals surface area contributed by atoms with E-state index in [2.05, 4.69) is 20.2 Å². The van der Waals surface area contributed by atoms with Crippen molar-refractivity contribution < 1.29 is 13.2 Å². The normalized spacial score (nSPS) is 16.6. The molecule has 0 spiro atoms. The SMILES string of the molecule is Cc1[nH]ncc1S(=O)(=O)NCC(=O)N1CCNCC1. The maximum Gasteiger partial charge on any atom is 0.244 e. The lowest BCUT2D eigenvalue weighted by Gasteiger charge is -2.27. The van der Waals surface area contributed by atoms with E-state index in [9.17, 15) is 13.2 Å². The molecule has 2 heterocycles. The molecule has 0 bridgehead atoms. The molecule has 2 rings (SSSR count). The van der Waals surface area contributed by atoms with E-state index in [1.807, 2.05) is 0 Å². The Morgan fingerprint density at radius 1 is 1.47 bits per heavy atom. The smallest absolute Gasteiger partial charge is 0.244 e. The van der Waals surface area contributed by atoms with E-state index >= 15 is 0 Å². The number of aryl methyl sites for hydroxylation is 1. The second kappa shape index (κ2) is 5.68. The van der Waals surface area contributed by atoms with Crippen LogP contribution in [0.1, 0.15) is 5.69 Å². The van der Waals surface area contributed by atoms with Crippen LogP contribution >= 0.6 is 0 Å². The summed E-state index contributed by atoms with van der Waals surface area (Å²) in [5.74, 6) is -0.216. The van der Waals surface area contributed by atoms with Crippen molar-refractivity contribution in [2.75, 3.05) is 32.7 Å². The molecule has 8 nitrogen and oxygen atoms in total. The van der Waals surface area contributed by atoms with Gasteiger partial charge in [-0.05, 0) is 6.92 Å². The van der Waals surface area contributed by atoms with E-state index in [-0.39, 0.29) is 17.3 Å². The molecular weight excluding hydrogens is 270 g/mol. The van der Waals surface area contributed by atoms with Crippen LogP contribution in [0.3, 0.4) is 0 Å². The Balaban J connectivity index is 1.94. The summed E-state index contributed by atoms with van der Waals surface area (Å²) in [7, 11) is -3.69. The average Bonchev–Trinajstić information content (AvgIpc) is 2.84. The molecule has 1 aliphatic rings. The number of hydrogen-bond donors (Lipinski definition) is 3. The third-order valence-corrected chi connectivity index (χ3v) is 4.47. The van der Waals surface area contributed by atoms with Gasteiger partial charge in [0.1, 0.15) is 4.90 Å². The molecule has 3 N–H and O–H groups in total. The van der Waals surface area contributed by atoms with Gasteiger partial charge in [-0.1, -0.05) is 0 Å². The van der Waals surface area contributed by atoms with Gasteiger partial charge >= 0.3 is 0 Å². The molecule has 0 radical (unpaired) electrons. The Kier molecular flexibility index (Phi) is 4.17. The molecule has 1 saturated heterocycles. The molecule has 1 amide bonds. The number of nitrogens with one attached hydrogen (secondary N) is 3. The van der Waals surface area contributed by atoms with Crippen molar-refractivity contribution in [2.45, 2.75) is 11.8 Å². The molecule has 1 aromatic heterocycles. The summed E-state index contributed by atoms with van der Waals surface area (Å²) in [5, 5.41) is 9.34. The first kappa shape index (κ1) is 14.0. The van der Waals surface area contributed by atoms with E-state index in [0.29, 0.717) is 18.8 Å². The van der Waals surface area contributed by atoms with Crippen molar-refractivity contribution >= 4 is 15.9 Å². The summed E-state index contributed by atoms with van der Waals surface area (Å²) in [6.45, 7) is 4.06. The largest absolute Gasteiger partial charge is 0.339 e. The molecule has 0 aliphatic carbocycles. The van der Waals surface area contributed by atoms with Gasteiger partial charge in [-0.3, -0.25) is 9.89 Å². The van der Waals surface area contributed by atoms with E-state index in [1.54, 1.807) is 11.8 Å². The summed E-state index contributed by atoms with van der Waals surface area (Å²) in [4.78, 5) is 13.6. The highest BCUT2D eigenvalue weighted by Gasteiger charge is 2.22. The lowest BCUT2D eigenvalue weighted by Crippen LogP contribution is -2.49. The monoisotopic (exact) mass is 287 g/mol. The van der Waals surface area contributed by atoms with Crippen molar-refractivity contribution in [3.8, 4) is 0 Å². The highest BCUT2D eigenvalue weighted by atomic mass is 32.2. The van der Waals surface area contributed by atoms with Crippen molar-refractivity contribution in [3.05, 3.63) is 11.9 Å². The number of amides is 1. The molecule has 0 saturated carbocycles. The van der Waals surface area contributed by atoms with Crippen LogP contribution < -0.4 is 10.0 Å². The van der Waals surface area contributed by atoms with E-state index in [4.69, 9.17) is 0 Å². The zero-order valence-electron chi connectivity index (χ0n) is 10.6. The van der Waals surface area contributed by atoms with Crippen LogP contribution in [0.25, 0.3) is 0 Å². The molecule has 106 valence electrons. The highest BCUT2D eigenvalue weighted by Crippen LogP contribution is 2.10. The Morgan fingerprint density at radius 3 is 2.74 bits per heavy atom. The number of rotatable bonds is 4. The Labute approximate surface area is 111 Å². The molecule has 0 unspecified atom stereocenters. The van der Waals surface area contributed by atoms with E-state index in [0.717, 1.165) is 13.1 Å². The Hall–Kier alpha value is -1.45. The topological polar surface area (TPSA) is 107 Å². The molecule has 1 aromatic rings. The molecular formula is C10H17N5O3S. The minimum Gasteiger partial charge on any atom is -0.339 e. The van der Waals surface area contributed by atoms with Gasteiger partial charge in [-0.15, -0.1) is 0 Å². The predicted octanol–water partition coefficient (Wildman–Crippen LogP) is -1.57. The number of carbonyl (C=O) groups is 1. The summed E-state index contributed by atoms with van der Waals surface area (Å²) in [6, 6.07) is 0. The van der Waals surface area contributed by atoms with Crippen molar-refractivity contribution in [1.82, 2.24) is 25.1 Å². The van der Waals surface area contributed by atoms with Gasteiger partial charge in [-0.2, -0.15) is 5.10 Å². The summed E-state index contributed by atoms with van der Waals surface area (Å²) in [5.41, 5.74) is 0.446. The summed E-state index contributed by atoms with van der Waals surface area (Å²) >= 11 is 0. The number of aromatic amines is 1. The fourth-order valence-electron chi connectivity index (χ4n) is 1.87. The number of sulfonamides is 1. The maximum absolute atomic E-state index is 11.9. The molecule has 19 heavy (non-hydrogen) atoms. The quantitative estimate of drug-likeness (QED) is 0.620. The number of carbonyl (C=O) groups excluding carboxylic acids is 1. The third kappa shape index (κ3) is 3.31. The zero-order chi connectivity index (χ0) is 13.9. The Morgan fingerprint density at radius 2 is 2.16 bits per heavy atom. The van der Waals surface area contributed by atoms with Crippen LogP contribution in [0.15, 0.2) is 11.1 Å². The molecule has 0 aromatic carbocycles. The molecule has 9 heteroatoms. The van der Waals surface area contributed by atoms with Gasteiger partial charge in [0.15, 0.2) is 0 Å². The van der Waals surface area contributed by atoms with Crippen LogP contribution in [0, 0.1) is 6.92 Å². The van der Waals surface area contributed by atoms with Crippen LogP contribution in [-0.4, -0.2) is 62.1 Å². The number of H-pyrrole nitrogens is 1. The number of nitrogens with zero attached hydrogens (tertiary/aromatic N) is 2. The van der Waals surface area contributed by atoms with Crippen LogP contribution in [0.2, 0.25) is 0 Å². The van der Waals surface area contributed by atoms with Gasteiger partial charge in [0.25, 0.3) is 0 Å². The van der Waals surface area contributed by atoms with E-state index in [1.165, 1.54) is 6.20 Å². The van der Waals surface area contributed by atoms with Crippen LogP contribution in [0.5, 0.6) is 0 Å². The minimum atomic E-state index is -3.69. The van der Waals surface area contributed by atoms with Gasteiger partial charge in [0.05, 0.1) is 18.4 Å². The van der Waals surface area contributed by atoms with Crippen molar-refractivity contribution in [2.24, 2.45) is 0 Å². The number of aromatic nitrogens is 2.